The van der Waals surface area contributed by atoms with Crippen LogP contribution < -0.4 is 9.62 Å². The van der Waals surface area contributed by atoms with E-state index in [0.717, 1.165) is 22.5 Å². The van der Waals surface area contributed by atoms with Crippen LogP contribution in [-0.2, 0) is 19.6 Å². The Morgan fingerprint density at radius 2 is 1.90 bits per heavy atom. The number of nitrogens with one attached hydrogen (secondary N) is 1. The molecule has 0 fully saturated rings. The lowest BCUT2D eigenvalue weighted by Crippen LogP contribution is -2.31. The van der Waals surface area contributed by atoms with E-state index >= 15 is 0 Å². The van der Waals surface area contributed by atoms with Crippen LogP contribution in [0.1, 0.15) is 10.4 Å². The Hall–Kier alpha value is -2.91. The molecule has 1 N–H and O–H groups in total. The summed E-state index contributed by atoms with van der Waals surface area (Å²) in [5.74, 6) is -1.93. The lowest BCUT2D eigenvalue weighted by Gasteiger charge is -2.24. The van der Waals surface area contributed by atoms with Gasteiger partial charge in [-0.25, -0.2) is 17.6 Å². The molecule has 0 radical (unpaired) electrons. The van der Waals surface area contributed by atoms with Crippen LogP contribution in [0.2, 0.25) is 5.02 Å². The van der Waals surface area contributed by atoms with E-state index < -0.39 is 34.3 Å². The minimum absolute atomic E-state index is 0.102. The number of ether oxygens (including phenoxy) is 1. The molecule has 0 atom stereocenters. The Labute approximate surface area is 172 Å². The highest BCUT2D eigenvalue weighted by Gasteiger charge is 2.28. The Morgan fingerprint density at radius 1 is 1.24 bits per heavy atom. The number of halogens is 2. The fourth-order valence-electron chi connectivity index (χ4n) is 2.30. The molecule has 0 spiro atoms. The normalized spacial score (nSPS) is 10.9. The minimum atomic E-state index is -4.23. The van der Waals surface area contributed by atoms with Gasteiger partial charge in [0.1, 0.15) is 10.7 Å². The van der Waals surface area contributed by atoms with Crippen molar-refractivity contribution in [3.8, 4) is 0 Å². The fraction of sp³-hybridized carbons (Fsp3) is 0.158. The third-order valence-corrected chi connectivity index (χ3v) is 6.03. The Kier molecular flexibility index (Phi) is 7.35. The number of carbonyl (C=O) groups is 2. The smallest absolute Gasteiger partial charge is 0.338 e. The fourth-order valence-corrected chi connectivity index (χ4v) is 4.24. The first kappa shape index (κ1) is 22.4. The van der Waals surface area contributed by atoms with Crippen LogP contribution in [0.25, 0.3) is 0 Å². The van der Waals surface area contributed by atoms with Gasteiger partial charge in [-0.05, 0) is 42.5 Å². The van der Waals surface area contributed by atoms with Crippen molar-refractivity contribution in [3.63, 3.8) is 0 Å². The molecule has 2 rings (SSSR count). The predicted octanol–water partition coefficient (Wildman–Crippen LogP) is 2.76. The monoisotopic (exact) mass is 440 g/mol. The number of benzene rings is 2. The molecule has 154 valence electrons. The lowest BCUT2D eigenvalue weighted by molar-refractivity contribution is -0.123. The molecule has 0 unspecified atom stereocenters. The maximum Gasteiger partial charge on any atom is 0.338 e. The number of sulfonamides is 1. The molecule has 0 saturated heterocycles. The zero-order chi connectivity index (χ0) is 21.6. The first-order valence-corrected chi connectivity index (χ1v) is 10.1. The van der Waals surface area contributed by atoms with Gasteiger partial charge in [-0.3, -0.25) is 9.10 Å². The van der Waals surface area contributed by atoms with Gasteiger partial charge in [0, 0.05) is 7.05 Å². The molecule has 7 nitrogen and oxygen atoms in total. The summed E-state index contributed by atoms with van der Waals surface area (Å²) in [5, 5.41) is 2.17. The number of carbonyl (C=O) groups excluding carboxylic acids is 2. The average molecular weight is 441 g/mol. The Bertz CT molecular complexity index is 1030. The van der Waals surface area contributed by atoms with E-state index in [1.54, 1.807) is 0 Å². The molecule has 10 heteroatoms. The summed E-state index contributed by atoms with van der Waals surface area (Å²) in [5.41, 5.74) is 0.0875. The van der Waals surface area contributed by atoms with Crippen LogP contribution >= 0.6 is 11.6 Å². The topological polar surface area (TPSA) is 92.8 Å². The highest BCUT2D eigenvalue weighted by molar-refractivity contribution is 7.93. The molecule has 0 heterocycles. The van der Waals surface area contributed by atoms with Crippen molar-refractivity contribution in [3.05, 3.63) is 71.5 Å². The SMILES string of the molecule is C=CCN(c1ccc(F)cc1)S(=O)(=O)c1cc(C(=O)OCC(=O)NC)ccc1Cl. The molecule has 2 aromatic carbocycles. The number of anilines is 1. The van der Waals surface area contributed by atoms with Gasteiger partial charge in [-0.1, -0.05) is 17.7 Å². The average Bonchev–Trinajstić information content (AvgIpc) is 2.70. The van der Waals surface area contributed by atoms with Crippen molar-refractivity contribution < 1.29 is 27.1 Å². The summed E-state index contributed by atoms with van der Waals surface area (Å²) in [6, 6.07) is 8.41. The van der Waals surface area contributed by atoms with Crippen LogP contribution in [0.15, 0.2) is 60.0 Å². The van der Waals surface area contributed by atoms with Gasteiger partial charge in [-0.15, -0.1) is 6.58 Å². The Balaban J connectivity index is 2.44. The summed E-state index contributed by atoms with van der Waals surface area (Å²) in [6.07, 6.45) is 1.36. The standard InChI is InChI=1S/C19H18ClFN2O5S/c1-3-10-23(15-7-5-14(21)6-8-15)29(26,27)17-11-13(4-9-16(17)20)19(25)28-12-18(24)22-2/h3-9,11H,1,10,12H2,2H3,(H,22,24). The molecule has 0 aromatic heterocycles. The highest BCUT2D eigenvalue weighted by atomic mass is 35.5. The Morgan fingerprint density at radius 3 is 2.48 bits per heavy atom. The molecule has 0 aliphatic heterocycles. The van der Waals surface area contributed by atoms with E-state index in [1.807, 2.05) is 0 Å². The summed E-state index contributed by atoms with van der Waals surface area (Å²) in [4.78, 5) is 23.0. The van der Waals surface area contributed by atoms with Crippen LogP contribution in [0.4, 0.5) is 10.1 Å². The quantitative estimate of drug-likeness (QED) is 0.503. The van der Waals surface area contributed by atoms with Gasteiger partial charge in [-0.2, -0.15) is 0 Å². The number of nitrogens with zero attached hydrogens (tertiary/aromatic N) is 1. The number of rotatable bonds is 8. The second-order valence-electron chi connectivity index (χ2n) is 5.70. The van der Waals surface area contributed by atoms with Gasteiger partial charge in [0.15, 0.2) is 6.61 Å². The lowest BCUT2D eigenvalue weighted by atomic mass is 10.2. The third kappa shape index (κ3) is 5.33. The summed E-state index contributed by atoms with van der Waals surface area (Å²) < 4.78 is 45.4. The minimum Gasteiger partial charge on any atom is -0.452 e. The van der Waals surface area contributed by atoms with Gasteiger partial charge in [0.05, 0.1) is 22.8 Å². The maximum absolute atomic E-state index is 13.2. The van der Waals surface area contributed by atoms with Gasteiger partial charge < -0.3 is 10.1 Å². The maximum atomic E-state index is 13.2. The van der Waals surface area contributed by atoms with E-state index in [2.05, 4.69) is 11.9 Å². The van der Waals surface area contributed by atoms with Crippen molar-refractivity contribution in [2.24, 2.45) is 0 Å². The molecule has 29 heavy (non-hydrogen) atoms. The molecule has 2 aromatic rings. The number of likely N-dealkylation sites (N-methyl/N-ethyl adjacent to an activating group) is 1. The second kappa shape index (κ2) is 9.53. The van der Waals surface area contributed by atoms with E-state index in [9.17, 15) is 22.4 Å². The second-order valence-corrected chi connectivity index (χ2v) is 7.93. The van der Waals surface area contributed by atoms with Crippen molar-refractivity contribution in [1.82, 2.24) is 5.32 Å². The molecule has 0 aliphatic rings. The van der Waals surface area contributed by atoms with E-state index in [0.29, 0.717) is 0 Å². The number of hydrogen-bond acceptors (Lipinski definition) is 5. The summed E-state index contributed by atoms with van der Waals surface area (Å²) in [6.45, 7) is 2.91. The van der Waals surface area contributed by atoms with Crippen molar-refractivity contribution in [2.75, 3.05) is 24.5 Å². The molecular formula is C19H18ClFN2O5S. The first-order valence-electron chi connectivity index (χ1n) is 8.27. The van der Waals surface area contributed by atoms with Crippen LogP contribution in [-0.4, -0.2) is 40.5 Å². The number of hydrogen-bond donors (Lipinski definition) is 1. The van der Waals surface area contributed by atoms with Crippen LogP contribution in [0.3, 0.4) is 0 Å². The molecule has 0 aliphatic carbocycles. The van der Waals surface area contributed by atoms with Gasteiger partial charge in [0.2, 0.25) is 0 Å². The molecule has 0 saturated carbocycles. The first-order chi connectivity index (χ1) is 13.7. The largest absolute Gasteiger partial charge is 0.452 e. The van der Waals surface area contributed by atoms with E-state index in [4.69, 9.17) is 16.3 Å². The molecular weight excluding hydrogens is 423 g/mol. The summed E-state index contributed by atoms with van der Waals surface area (Å²) >= 11 is 6.08. The summed E-state index contributed by atoms with van der Waals surface area (Å²) in [7, 11) is -2.85. The van der Waals surface area contributed by atoms with Crippen molar-refractivity contribution >= 4 is 39.2 Å². The molecule has 0 bridgehead atoms. The van der Waals surface area contributed by atoms with Crippen molar-refractivity contribution in [2.45, 2.75) is 4.90 Å². The van der Waals surface area contributed by atoms with E-state index in [-0.39, 0.29) is 27.7 Å². The van der Waals surface area contributed by atoms with Gasteiger partial charge in [0.25, 0.3) is 15.9 Å². The zero-order valence-electron chi connectivity index (χ0n) is 15.4. The number of amides is 1. The van der Waals surface area contributed by atoms with E-state index in [1.165, 1.54) is 37.4 Å². The van der Waals surface area contributed by atoms with Crippen molar-refractivity contribution in [1.29, 1.82) is 0 Å². The molecule has 1 amide bonds. The van der Waals surface area contributed by atoms with Crippen LogP contribution in [0.5, 0.6) is 0 Å². The highest BCUT2D eigenvalue weighted by Crippen LogP contribution is 2.29. The van der Waals surface area contributed by atoms with Gasteiger partial charge >= 0.3 is 5.97 Å². The number of esters is 1. The zero-order valence-corrected chi connectivity index (χ0v) is 17.0. The van der Waals surface area contributed by atoms with Crippen LogP contribution in [0, 0.1) is 5.82 Å². The third-order valence-electron chi connectivity index (χ3n) is 3.76. The predicted molar refractivity (Wildman–Crippen MR) is 107 cm³/mol.